The lowest BCUT2D eigenvalue weighted by Gasteiger charge is -2.23. The second-order valence-electron chi connectivity index (χ2n) is 4.15. The molecule has 0 radical (unpaired) electrons. The number of ether oxygens (including phenoxy) is 1. The lowest BCUT2D eigenvalue weighted by Crippen LogP contribution is -2.42. The van der Waals surface area contributed by atoms with Crippen molar-refractivity contribution in [1.82, 2.24) is 4.98 Å². The van der Waals surface area contributed by atoms with Crippen molar-refractivity contribution in [3.05, 3.63) is 24.1 Å². The van der Waals surface area contributed by atoms with Gasteiger partial charge in [0.15, 0.2) is 5.82 Å². The van der Waals surface area contributed by atoms with Gasteiger partial charge in [-0.15, -0.1) is 0 Å². The van der Waals surface area contributed by atoms with Crippen molar-refractivity contribution in [2.75, 3.05) is 6.61 Å². The van der Waals surface area contributed by atoms with E-state index in [-0.39, 0.29) is 11.4 Å². The average molecular weight is 210 g/mol. The van der Waals surface area contributed by atoms with Gasteiger partial charge in [-0.1, -0.05) is 12.8 Å². The highest BCUT2D eigenvalue weighted by Gasteiger charge is 2.30. The molecule has 2 rings (SSSR count). The van der Waals surface area contributed by atoms with Gasteiger partial charge < -0.3 is 10.5 Å². The maximum atomic E-state index is 13.2. The number of hydrogen-bond donors (Lipinski definition) is 1. The Morgan fingerprint density at radius 1 is 1.47 bits per heavy atom. The minimum absolute atomic E-state index is 0.0502. The second kappa shape index (κ2) is 4.14. The van der Waals surface area contributed by atoms with Crippen LogP contribution in [0.4, 0.5) is 4.39 Å². The quantitative estimate of drug-likeness (QED) is 0.828. The lowest BCUT2D eigenvalue weighted by molar-refractivity contribution is 0.205. The third-order valence-corrected chi connectivity index (χ3v) is 2.82. The summed E-state index contributed by atoms with van der Waals surface area (Å²) >= 11 is 0. The minimum atomic E-state index is -0.431. The molecule has 1 heterocycles. The van der Waals surface area contributed by atoms with Crippen LogP contribution in [0.1, 0.15) is 25.7 Å². The van der Waals surface area contributed by atoms with Crippen LogP contribution in [0.5, 0.6) is 5.88 Å². The molecule has 15 heavy (non-hydrogen) atoms. The molecular formula is C11H15FN2O. The van der Waals surface area contributed by atoms with Gasteiger partial charge in [0.2, 0.25) is 5.88 Å². The van der Waals surface area contributed by atoms with E-state index in [4.69, 9.17) is 10.5 Å². The number of pyridine rings is 1. The van der Waals surface area contributed by atoms with E-state index < -0.39 is 5.82 Å². The van der Waals surface area contributed by atoms with Gasteiger partial charge in [-0.05, 0) is 25.0 Å². The summed E-state index contributed by atoms with van der Waals surface area (Å²) < 4.78 is 18.5. The van der Waals surface area contributed by atoms with Crippen LogP contribution < -0.4 is 10.5 Å². The molecule has 0 aliphatic heterocycles. The minimum Gasteiger partial charge on any atom is -0.474 e. The number of hydrogen-bond acceptors (Lipinski definition) is 3. The smallest absolute Gasteiger partial charge is 0.250 e. The van der Waals surface area contributed by atoms with E-state index >= 15 is 0 Å². The SMILES string of the molecule is NC1(COc2ncccc2F)CCCC1. The van der Waals surface area contributed by atoms with Gasteiger partial charge >= 0.3 is 0 Å². The van der Waals surface area contributed by atoms with Crippen molar-refractivity contribution in [3.8, 4) is 5.88 Å². The standard InChI is InChI=1S/C11H15FN2O/c12-9-4-3-7-14-10(9)15-8-11(13)5-1-2-6-11/h3-4,7H,1-2,5-6,8,13H2. The van der Waals surface area contributed by atoms with E-state index in [0.29, 0.717) is 6.61 Å². The number of aromatic nitrogens is 1. The summed E-state index contributed by atoms with van der Waals surface area (Å²) in [7, 11) is 0. The number of nitrogens with zero attached hydrogens (tertiary/aromatic N) is 1. The average Bonchev–Trinajstić information content (AvgIpc) is 2.65. The zero-order chi connectivity index (χ0) is 10.7. The lowest BCUT2D eigenvalue weighted by atomic mass is 10.0. The van der Waals surface area contributed by atoms with Gasteiger partial charge in [-0.2, -0.15) is 0 Å². The van der Waals surface area contributed by atoms with Crippen molar-refractivity contribution >= 4 is 0 Å². The molecule has 0 aromatic carbocycles. The molecular weight excluding hydrogens is 195 g/mol. The van der Waals surface area contributed by atoms with E-state index in [2.05, 4.69) is 4.98 Å². The number of halogens is 1. The Morgan fingerprint density at radius 3 is 2.87 bits per heavy atom. The Kier molecular flexibility index (Phi) is 2.86. The van der Waals surface area contributed by atoms with E-state index in [9.17, 15) is 4.39 Å². The van der Waals surface area contributed by atoms with Crippen LogP contribution in [-0.2, 0) is 0 Å². The molecule has 82 valence electrons. The fraction of sp³-hybridized carbons (Fsp3) is 0.545. The molecule has 0 atom stereocenters. The summed E-state index contributed by atoms with van der Waals surface area (Å²) in [5.41, 5.74) is 5.79. The van der Waals surface area contributed by atoms with Gasteiger partial charge in [-0.25, -0.2) is 9.37 Å². The summed E-state index contributed by atoms with van der Waals surface area (Å²) in [4.78, 5) is 3.82. The number of rotatable bonds is 3. The zero-order valence-electron chi connectivity index (χ0n) is 8.58. The largest absolute Gasteiger partial charge is 0.474 e. The van der Waals surface area contributed by atoms with Crippen molar-refractivity contribution in [2.45, 2.75) is 31.2 Å². The molecule has 1 aromatic heterocycles. The first kappa shape index (κ1) is 10.4. The Hall–Kier alpha value is -1.16. The Labute approximate surface area is 88.5 Å². The third-order valence-electron chi connectivity index (χ3n) is 2.82. The van der Waals surface area contributed by atoms with Crippen LogP contribution in [0.2, 0.25) is 0 Å². The second-order valence-corrected chi connectivity index (χ2v) is 4.15. The maximum absolute atomic E-state index is 13.2. The van der Waals surface area contributed by atoms with Gasteiger partial charge in [0, 0.05) is 6.20 Å². The van der Waals surface area contributed by atoms with Crippen LogP contribution in [0.25, 0.3) is 0 Å². The normalized spacial score (nSPS) is 19.1. The molecule has 0 spiro atoms. The molecule has 4 heteroatoms. The number of nitrogens with two attached hydrogens (primary N) is 1. The molecule has 2 N–H and O–H groups in total. The molecule has 1 aliphatic rings. The highest BCUT2D eigenvalue weighted by molar-refractivity contribution is 5.13. The predicted octanol–water partition coefficient (Wildman–Crippen LogP) is 1.87. The zero-order valence-corrected chi connectivity index (χ0v) is 8.58. The molecule has 1 fully saturated rings. The Balaban J connectivity index is 1.95. The summed E-state index contributed by atoms with van der Waals surface area (Å²) in [6, 6.07) is 2.87. The first-order valence-corrected chi connectivity index (χ1v) is 5.22. The molecule has 3 nitrogen and oxygen atoms in total. The van der Waals surface area contributed by atoms with Gasteiger partial charge in [0.1, 0.15) is 6.61 Å². The van der Waals surface area contributed by atoms with E-state index in [1.807, 2.05) is 0 Å². The molecule has 1 aromatic rings. The summed E-state index contributed by atoms with van der Waals surface area (Å²) in [5, 5.41) is 0. The molecule has 1 saturated carbocycles. The Bertz CT molecular complexity index is 337. The fourth-order valence-corrected chi connectivity index (χ4v) is 1.91. The first-order chi connectivity index (χ1) is 7.20. The van der Waals surface area contributed by atoms with Crippen molar-refractivity contribution in [3.63, 3.8) is 0 Å². The summed E-state index contributed by atoms with van der Waals surface area (Å²) in [5.74, 6) is -0.381. The van der Waals surface area contributed by atoms with Crippen LogP contribution in [0.3, 0.4) is 0 Å². The maximum Gasteiger partial charge on any atom is 0.250 e. The van der Waals surface area contributed by atoms with E-state index in [0.717, 1.165) is 25.7 Å². The van der Waals surface area contributed by atoms with E-state index in [1.54, 1.807) is 0 Å². The molecule has 0 bridgehead atoms. The first-order valence-electron chi connectivity index (χ1n) is 5.22. The molecule has 0 unspecified atom stereocenters. The molecule has 0 amide bonds. The highest BCUT2D eigenvalue weighted by atomic mass is 19.1. The third kappa shape index (κ3) is 2.45. The molecule has 0 saturated heterocycles. The van der Waals surface area contributed by atoms with Gasteiger partial charge in [0.05, 0.1) is 5.54 Å². The topological polar surface area (TPSA) is 48.1 Å². The highest BCUT2D eigenvalue weighted by Crippen LogP contribution is 2.27. The van der Waals surface area contributed by atoms with Crippen molar-refractivity contribution < 1.29 is 9.13 Å². The fourth-order valence-electron chi connectivity index (χ4n) is 1.91. The van der Waals surface area contributed by atoms with Gasteiger partial charge in [-0.3, -0.25) is 0 Å². The molecule has 1 aliphatic carbocycles. The van der Waals surface area contributed by atoms with Gasteiger partial charge in [0.25, 0.3) is 0 Å². The van der Waals surface area contributed by atoms with Crippen LogP contribution >= 0.6 is 0 Å². The van der Waals surface area contributed by atoms with Crippen LogP contribution in [-0.4, -0.2) is 17.1 Å². The van der Waals surface area contributed by atoms with E-state index in [1.165, 1.54) is 18.3 Å². The summed E-state index contributed by atoms with van der Waals surface area (Å²) in [6.45, 7) is 0.348. The van der Waals surface area contributed by atoms with Crippen LogP contribution in [0.15, 0.2) is 18.3 Å². The summed E-state index contributed by atoms with van der Waals surface area (Å²) in [6.07, 6.45) is 5.66. The monoisotopic (exact) mass is 210 g/mol. The van der Waals surface area contributed by atoms with Crippen molar-refractivity contribution in [2.24, 2.45) is 5.73 Å². The van der Waals surface area contributed by atoms with Crippen LogP contribution in [0, 0.1) is 5.82 Å². The van der Waals surface area contributed by atoms with Crippen molar-refractivity contribution in [1.29, 1.82) is 0 Å². The predicted molar refractivity (Wildman–Crippen MR) is 55.1 cm³/mol. The Morgan fingerprint density at radius 2 is 2.20 bits per heavy atom.